The Labute approximate surface area is 149 Å². The Kier molecular flexibility index (Phi) is 4.71. The fourth-order valence-corrected chi connectivity index (χ4v) is 3.37. The molecule has 136 valence electrons. The largest absolute Gasteiger partial charge is 0.354 e. The van der Waals surface area contributed by atoms with E-state index in [1.54, 1.807) is 6.20 Å². The Bertz CT molecular complexity index is 754. The second-order valence-corrected chi connectivity index (χ2v) is 7.83. The van der Waals surface area contributed by atoms with E-state index in [1.807, 2.05) is 24.6 Å². The van der Waals surface area contributed by atoms with Crippen LogP contribution in [0.25, 0.3) is 0 Å². The number of hydrogen-bond acceptors (Lipinski definition) is 3. The molecule has 25 heavy (non-hydrogen) atoms. The number of imidazole rings is 1. The molecule has 0 radical (unpaired) electrons. The van der Waals surface area contributed by atoms with Crippen LogP contribution in [0, 0.1) is 19.3 Å². The van der Waals surface area contributed by atoms with Crippen LogP contribution in [0.15, 0.2) is 18.5 Å². The van der Waals surface area contributed by atoms with Crippen LogP contribution in [-0.2, 0) is 11.3 Å². The first-order valence-electron chi connectivity index (χ1n) is 9.13. The van der Waals surface area contributed by atoms with E-state index >= 15 is 0 Å². The lowest BCUT2D eigenvalue weighted by atomic mass is 10.1. The van der Waals surface area contributed by atoms with Crippen LogP contribution < -0.4 is 5.32 Å². The summed E-state index contributed by atoms with van der Waals surface area (Å²) in [6, 6.07) is 1.85. The zero-order valence-electron chi connectivity index (χ0n) is 15.9. The van der Waals surface area contributed by atoms with Gasteiger partial charge in [-0.1, -0.05) is 13.8 Å². The van der Waals surface area contributed by atoms with Crippen molar-refractivity contribution in [3.8, 4) is 0 Å². The number of aromatic nitrogens is 4. The van der Waals surface area contributed by atoms with E-state index in [2.05, 4.69) is 46.9 Å². The number of amides is 1. The number of rotatable bonds is 7. The molecular formula is C19H29N5O. The third kappa shape index (κ3) is 3.78. The Morgan fingerprint density at radius 2 is 2.04 bits per heavy atom. The fourth-order valence-electron chi connectivity index (χ4n) is 3.37. The smallest absolute Gasteiger partial charge is 0.242 e. The highest BCUT2D eigenvalue weighted by Crippen LogP contribution is 2.46. The van der Waals surface area contributed by atoms with Crippen molar-refractivity contribution < 1.29 is 4.79 Å². The molecule has 1 saturated carbocycles. The van der Waals surface area contributed by atoms with Gasteiger partial charge in [0.25, 0.3) is 0 Å². The fraction of sp³-hybridized carbons (Fsp3) is 0.632. The van der Waals surface area contributed by atoms with E-state index in [1.165, 1.54) is 5.69 Å². The summed E-state index contributed by atoms with van der Waals surface area (Å²) in [7, 11) is 0. The van der Waals surface area contributed by atoms with Gasteiger partial charge in [0.15, 0.2) is 0 Å². The van der Waals surface area contributed by atoms with Gasteiger partial charge in [0.1, 0.15) is 11.9 Å². The summed E-state index contributed by atoms with van der Waals surface area (Å²) in [4.78, 5) is 17.0. The average molecular weight is 343 g/mol. The molecular weight excluding hydrogens is 314 g/mol. The third-order valence-electron chi connectivity index (χ3n) is 5.19. The maximum absolute atomic E-state index is 12.6. The molecule has 1 atom stereocenters. The first kappa shape index (κ1) is 17.7. The van der Waals surface area contributed by atoms with E-state index < -0.39 is 0 Å². The lowest BCUT2D eigenvalue weighted by Crippen LogP contribution is -2.37. The number of aryl methyl sites for hydroxylation is 2. The lowest BCUT2D eigenvalue weighted by molar-refractivity contribution is -0.124. The van der Waals surface area contributed by atoms with Gasteiger partial charge in [-0.05, 0) is 39.7 Å². The molecule has 0 spiro atoms. The molecule has 6 heteroatoms. The molecule has 2 aromatic heterocycles. The number of hydrogen-bond donors (Lipinski definition) is 1. The zero-order valence-corrected chi connectivity index (χ0v) is 15.9. The summed E-state index contributed by atoms with van der Waals surface area (Å²) < 4.78 is 4.05. The molecule has 0 saturated heterocycles. The van der Waals surface area contributed by atoms with Gasteiger partial charge in [-0.2, -0.15) is 5.10 Å². The minimum atomic E-state index is -0.246. The van der Waals surface area contributed by atoms with Crippen LogP contribution in [0.4, 0.5) is 0 Å². The summed E-state index contributed by atoms with van der Waals surface area (Å²) in [6.07, 6.45) is 5.94. The van der Waals surface area contributed by atoms with E-state index in [4.69, 9.17) is 0 Å². The summed E-state index contributed by atoms with van der Waals surface area (Å²) >= 11 is 0. The topological polar surface area (TPSA) is 64.7 Å². The Morgan fingerprint density at radius 1 is 1.32 bits per heavy atom. The van der Waals surface area contributed by atoms with E-state index in [0.717, 1.165) is 30.9 Å². The van der Waals surface area contributed by atoms with Crippen molar-refractivity contribution >= 4 is 5.91 Å². The Morgan fingerprint density at radius 3 is 2.60 bits per heavy atom. The van der Waals surface area contributed by atoms with Gasteiger partial charge in [-0.3, -0.25) is 9.48 Å². The Balaban J connectivity index is 1.60. The van der Waals surface area contributed by atoms with Crippen LogP contribution in [0.1, 0.15) is 62.8 Å². The highest BCUT2D eigenvalue weighted by molar-refractivity contribution is 5.80. The van der Waals surface area contributed by atoms with E-state index in [0.29, 0.717) is 12.5 Å². The monoisotopic (exact) mass is 343 g/mol. The number of carbonyl (C=O) groups is 1. The van der Waals surface area contributed by atoms with Gasteiger partial charge in [0.2, 0.25) is 5.91 Å². The highest BCUT2D eigenvalue weighted by Gasteiger charge is 2.43. The lowest BCUT2D eigenvalue weighted by Gasteiger charge is -2.21. The van der Waals surface area contributed by atoms with Gasteiger partial charge in [-0.25, -0.2) is 4.98 Å². The summed E-state index contributed by atoms with van der Waals surface area (Å²) in [5, 5.41) is 7.72. The van der Waals surface area contributed by atoms with E-state index in [-0.39, 0.29) is 17.4 Å². The van der Waals surface area contributed by atoms with Crippen LogP contribution >= 0.6 is 0 Å². The molecule has 1 aliphatic rings. The maximum atomic E-state index is 12.6. The van der Waals surface area contributed by atoms with Crippen molar-refractivity contribution in [1.29, 1.82) is 0 Å². The van der Waals surface area contributed by atoms with Gasteiger partial charge >= 0.3 is 0 Å². The van der Waals surface area contributed by atoms with Gasteiger partial charge in [0.05, 0.1) is 5.69 Å². The molecule has 1 amide bonds. The van der Waals surface area contributed by atoms with Crippen molar-refractivity contribution in [2.75, 3.05) is 6.54 Å². The minimum Gasteiger partial charge on any atom is -0.354 e. The van der Waals surface area contributed by atoms with Crippen molar-refractivity contribution in [3.05, 3.63) is 35.7 Å². The van der Waals surface area contributed by atoms with Gasteiger partial charge < -0.3 is 9.88 Å². The van der Waals surface area contributed by atoms with E-state index in [9.17, 15) is 4.79 Å². The van der Waals surface area contributed by atoms with Crippen LogP contribution in [-0.4, -0.2) is 31.8 Å². The first-order valence-corrected chi connectivity index (χ1v) is 9.13. The summed E-state index contributed by atoms with van der Waals surface area (Å²) in [5.74, 6) is 1.30. The van der Waals surface area contributed by atoms with Crippen LogP contribution in [0.3, 0.4) is 0 Å². The number of nitrogens with one attached hydrogen (secondary N) is 1. The maximum Gasteiger partial charge on any atom is 0.242 e. The third-order valence-corrected chi connectivity index (χ3v) is 5.19. The standard InChI is InChI=1S/C19H29N5O/c1-13(2)17-20-8-9-23(17)16(5)18(25)21-11-19(6-7-19)12-24-15(4)10-14(3)22-24/h8-10,13,16H,6-7,11-12H2,1-5H3,(H,21,25)/t16-/m1/s1. The average Bonchev–Trinajstić information content (AvgIpc) is 3.00. The molecule has 2 aromatic rings. The van der Waals surface area contributed by atoms with Crippen molar-refractivity contribution in [2.24, 2.45) is 5.41 Å². The second-order valence-electron chi connectivity index (χ2n) is 7.83. The molecule has 1 N–H and O–H groups in total. The normalized spacial score (nSPS) is 16.9. The van der Waals surface area contributed by atoms with Gasteiger partial charge in [-0.15, -0.1) is 0 Å². The quantitative estimate of drug-likeness (QED) is 0.840. The number of nitrogens with zero attached hydrogens (tertiary/aromatic N) is 4. The molecule has 2 heterocycles. The Hall–Kier alpha value is -2.11. The molecule has 1 aliphatic carbocycles. The van der Waals surface area contributed by atoms with Crippen molar-refractivity contribution in [1.82, 2.24) is 24.6 Å². The zero-order chi connectivity index (χ0) is 18.2. The minimum absolute atomic E-state index is 0.0551. The first-order chi connectivity index (χ1) is 11.8. The SMILES string of the molecule is Cc1cc(C)n(CC2(CNC(=O)[C@@H](C)n3ccnc3C(C)C)CC2)n1. The van der Waals surface area contributed by atoms with Crippen LogP contribution in [0.2, 0.25) is 0 Å². The van der Waals surface area contributed by atoms with Crippen molar-refractivity contribution in [2.45, 2.75) is 66.0 Å². The molecule has 3 rings (SSSR count). The number of carbonyl (C=O) groups excluding carboxylic acids is 1. The molecule has 0 bridgehead atoms. The molecule has 6 nitrogen and oxygen atoms in total. The summed E-state index contributed by atoms with van der Waals surface area (Å²) in [6.45, 7) is 11.8. The summed E-state index contributed by atoms with van der Waals surface area (Å²) in [5.41, 5.74) is 2.39. The second kappa shape index (κ2) is 6.65. The molecule has 1 fully saturated rings. The van der Waals surface area contributed by atoms with Crippen LogP contribution in [0.5, 0.6) is 0 Å². The molecule has 0 aliphatic heterocycles. The van der Waals surface area contributed by atoms with Gasteiger partial charge in [0, 0.05) is 42.5 Å². The predicted octanol–water partition coefficient (Wildman–Crippen LogP) is 2.98. The predicted molar refractivity (Wildman–Crippen MR) is 97.4 cm³/mol. The molecule has 0 aromatic carbocycles. The highest BCUT2D eigenvalue weighted by atomic mass is 16.2. The van der Waals surface area contributed by atoms with Crippen molar-refractivity contribution in [3.63, 3.8) is 0 Å². The molecule has 0 unspecified atom stereocenters.